The number of nitrogens with zero attached hydrogens (tertiary/aromatic N) is 2. The van der Waals surface area contributed by atoms with Crippen LogP contribution in [0, 0.1) is 0 Å². The second kappa shape index (κ2) is 7.87. The Bertz CT molecular complexity index is 1100. The highest BCUT2D eigenvalue weighted by atomic mass is 79.9. The van der Waals surface area contributed by atoms with Gasteiger partial charge in [0.2, 0.25) is 24.1 Å². The van der Waals surface area contributed by atoms with Crippen LogP contribution >= 0.6 is 15.9 Å². The van der Waals surface area contributed by atoms with Crippen LogP contribution in [0.25, 0.3) is 10.9 Å². The van der Waals surface area contributed by atoms with Crippen molar-refractivity contribution in [2.24, 2.45) is 0 Å². The molecule has 2 heterocycles. The molecule has 0 amide bonds. The second-order valence-corrected chi connectivity index (χ2v) is 8.07. The van der Waals surface area contributed by atoms with E-state index in [-0.39, 0.29) is 28.2 Å². The van der Waals surface area contributed by atoms with E-state index in [0.717, 1.165) is 0 Å². The minimum atomic E-state index is -4.09. The van der Waals surface area contributed by atoms with Crippen molar-refractivity contribution in [3.63, 3.8) is 0 Å². The highest BCUT2D eigenvalue weighted by Crippen LogP contribution is 2.31. The van der Waals surface area contributed by atoms with Crippen molar-refractivity contribution >= 4 is 42.8 Å². The predicted molar refractivity (Wildman–Crippen MR) is 102 cm³/mol. The van der Waals surface area contributed by atoms with Crippen LogP contribution in [0.3, 0.4) is 0 Å². The lowest BCUT2D eigenvalue weighted by Crippen LogP contribution is -2.16. The largest absolute Gasteiger partial charge is 0.481 e. The lowest BCUT2D eigenvalue weighted by molar-refractivity contribution is 0.146. The number of rotatable bonds is 7. The maximum Gasteiger partial charge on any atom is 0.266 e. The summed E-state index contributed by atoms with van der Waals surface area (Å²) in [5.74, 6) is -0.769. The molecule has 2 N–H and O–H groups in total. The van der Waals surface area contributed by atoms with Gasteiger partial charge in [-0.2, -0.15) is 9.97 Å². The van der Waals surface area contributed by atoms with Crippen molar-refractivity contribution in [3.8, 4) is 11.8 Å². The number of methoxy groups -OCH3 is 2. The number of anilines is 1. The Morgan fingerprint density at radius 1 is 1.21 bits per heavy atom. The summed E-state index contributed by atoms with van der Waals surface area (Å²) < 4.78 is 64.2. The van der Waals surface area contributed by atoms with E-state index in [2.05, 4.69) is 35.6 Å². The highest BCUT2D eigenvalue weighted by Gasteiger charge is 2.24. The average molecular weight is 477 g/mol. The van der Waals surface area contributed by atoms with Gasteiger partial charge in [-0.3, -0.25) is 0 Å². The molecule has 0 spiro atoms. The number of fused-ring (bicyclic) bond motifs is 1. The average Bonchev–Trinajstić information content (AvgIpc) is 3.08. The van der Waals surface area contributed by atoms with Gasteiger partial charge in [-0.1, -0.05) is 12.1 Å². The van der Waals surface area contributed by atoms with Gasteiger partial charge >= 0.3 is 0 Å². The number of aromatic nitrogens is 3. The molecular weight excluding hydrogens is 462 g/mol. The van der Waals surface area contributed by atoms with E-state index in [1.54, 1.807) is 18.2 Å². The quantitative estimate of drug-likeness (QED) is 0.541. The van der Waals surface area contributed by atoms with Crippen LogP contribution in [-0.4, -0.2) is 44.0 Å². The first-order chi connectivity index (χ1) is 13.3. The summed E-state index contributed by atoms with van der Waals surface area (Å²) >= 11 is 3.34. The maximum atomic E-state index is 12.8. The smallest absolute Gasteiger partial charge is 0.266 e. The van der Waals surface area contributed by atoms with E-state index in [9.17, 15) is 17.2 Å². The number of sulfonamides is 1. The summed E-state index contributed by atoms with van der Waals surface area (Å²) in [6.45, 7) is 0. The zero-order chi connectivity index (χ0) is 20.5. The van der Waals surface area contributed by atoms with Gasteiger partial charge in [-0.15, -0.1) is 0 Å². The molecule has 0 saturated heterocycles. The monoisotopic (exact) mass is 476 g/mol. The van der Waals surface area contributed by atoms with Crippen molar-refractivity contribution in [1.29, 1.82) is 0 Å². The van der Waals surface area contributed by atoms with Gasteiger partial charge in [0, 0.05) is 22.5 Å². The van der Waals surface area contributed by atoms with Crippen LogP contribution in [0.1, 0.15) is 5.56 Å². The SMILES string of the molecule is COc1nc(NS(=O)(=O)c2c[nH]c3c(Br)cccc23)nc(OC)c1CC(F)F. The van der Waals surface area contributed by atoms with E-state index < -0.39 is 22.9 Å². The molecule has 3 rings (SSSR count). The molecule has 0 aliphatic heterocycles. The molecule has 0 bridgehead atoms. The molecule has 2 aromatic heterocycles. The summed E-state index contributed by atoms with van der Waals surface area (Å²) in [7, 11) is -1.63. The summed E-state index contributed by atoms with van der Waals surface area (Å²) in [5, 5.41) is 0.454. The molecule has 8 nitrogen and oxygen atoms in total. The van der Waals surface area contributed by atoms with E-state index in [1.165, 1.54) is 20.4 Å². The van der Waals surface area contributed by atoms with E-state index in [1.807, 2.05) is 0 Å². The number of hydrogen-bond acceptors (Lipinski definition) is 6. The Morgan fingerprint density at radius 3 is 2.43 bits per heavy atom. The normalized spacial score (nSPS) is 11.8. The number of nitrogens with one attached hydrogen (secondary N) is 2. The van der Waals surface area contributed by atoms with Crippen LogP contribution < -0.4 is 14.2 Å². The van der Waals surface area contributed by atoms with Crippen LogP contribution in [0.4, 0.5) is 14.7 Å². The van der Waals surface area contributed by atoms with Gasteiger partial charge in [-0.05, 0) is 22.0 Å². The second-order valence-electron chi connectivity index (χ2n) is 5.56. The molecule has 0 fully saturated rings. The summed E-state index contributed by atoms with van der Waals surface area (Å²) in [6.07, 6.45) is -2.05. The molecule has 1 aromatic carbocycles. The number of aromatic amines is 1. The number of alkyl halides is 2. The maximum absolute atomic E-state index is 12.8. The lowest BCUT2D eigenvalue weighted by Gasteiger charge is -2.13. The van der Waals surface area contributed by atoms with Gasteiger partial charge in [0.1, 0.15) is 4.90 Å². The highest BCUT2D eigenvalue weighted by molar-refractivity contribution is 9.10. The zero-order valence-electron chi connectivity index (χ0n) is 14.7. The molecule has 28 heavy (non-hydrogen) atoms. The fourth-order valence-corrected chi connectivity index (χ4v) is 4.24. The van der Waals surface area contributed by atoms with Crippen molar-refractivity contribution in [1.82, 2.24) is 15.0 Å². The number of H-pyrrole nitrogens is 1. The molecule has 0 aliphatic carbocycles. The number of para-hydroxylation sites is 1. The van der Waals surface area contributed by atoms with Crippen molar-refractivity contribution in [2.45, 2.75) is 17.7 Å². The minimum Gasteiger partial charge on any atom is -0.481 e. The van der Waals surface area contributed by atoms with E-state index in [0.29, 0.717) is 15.4 Å². The van der Waals surface area contributed by atoms with E-state index >= 15 is 0 Å². The van der Waals surface area contributed by atoms with Gasteiger partial charge in [0.05, 0.1) is 25.3 Å². The summed E-state index contributed by atoms with van der Waals surface area (Å²) in [5.41, 5.74) is 0.546. The molecule has 150 valence electrons. The topological polar surface area (TPSA) is 106 Å². The van der Waals surface area contributed by atoms with Gasteiger partial charge in [0.15, 0.2) is 0 Å². The Labute approximate surface area is 167 Å². The number of halogens is 3. The summed E-state index contributed by atoms with van der Waals surface area (Å²) in [6, 6.07) is 5.10. The summed E-state index contributed by atoms with van der Waals surface area (Å²) in [4.78, 5) is 10.6. The first kappa shape index (κ1) is 20.3. The standard InChI is InChI=1S/C16H15BrF2N4O4S/c1-26-14-9(6-12(18)19)15(27-2)22-16(21-14)23-28(24,25)11-7-20-13-8(11)4-3-5-10(13)17/h3-5,7,12,20H,6H2,1-2H3,(H,21,22,23). The molecular formula is C16H15BrF2N4O4S. The van der Waals surface area contributed by atoms with Crippen LogP contribution in [0.2, 0.25) is 0 Å². The van der Waals surface area contributed by atoms with Crippen LogP contribution in [0.5, 0.6) is 11.8 Å². The third-order valence-electron chi connectivity index (χ3n) is 3.82. The molecule has 12 heteroatoms. The zero-order valence-corrected chi connectivity index (χ0v) is 17.1. The Balaban J connectivity index is 2.03. The molecule has 3 aromatic rings. The molecule has 0 unspecified atom stereocenters. The Morgan fingerprint density at radius 2 is 1.86 bits per heavy atom. The van der Waals surface area contributed by atoms with Crippen LogP contribution in [0.15, 0.2) is 33.8 Å². The minimum absolute atomic E-state index is 0.0259. The van der Waals surface area contributed by atoms with E-state index in [4.69, 9.17) is 9.47 Å². The third-order valence-corrected chi connectivity index (χ3v) is 5.85. The predicted octanol–water partition coefficient (Wildman–Crippen LogP) is 3.35. The van der Waals surface area contributed by atoms with Gasteiger partial charge < -0.3 is 14.5 Å². The first-order valence-corrected chi connectivity index (χ1v) is 10.1. The van der Waals surface area contributed by atoms with Gasteiger partial charge in [0.25, 0.3) is 10.0 Å². The van der Waals surface area contributed by atoms with Crippen LogP contribution in [-0.2, 0) is 16.4 Å². The van der Waals surface area contributed by atoms with Crippen molar-refractivity contribution < 1.29 is 26.7 Å². The van der Waals surface area contributed by atoms with Crippen molar-refractivity contribution in [2.75, 3.05) is 18.9 Å². The fourth-order valence-electron chi connectivity index (χ4n) is 2.65. The number of ether oxygens (including phenoxy) is 2. The molecule has 0 saturated carbocycles. The van der Waals surface area contributed by atoms with Gasteiger partial charge in [-0.25, -0.2) is 21.9 Å². The molecule has 0 radical (unpaired) electrons. The first-order valence-electron chi connectivity index (χ1n) is 7.82. The Kier molecular flexibility index (Phi) is 5.70. The van der Waals surface area contributed by atoms with Crippen molar-refractivity contribution in [3.05, 3.63) is 34.4 Å². The lowest BCUT2D eigenvalue weighted by atomic mass is 10.2. The fraction of sp³-hybridized carbons (Fsp3) is 0.250. The number of hydrogen-bond donors (Lipinski definition) is 2. The Hall–Kier alpha value is -2.47. The third kappa shape index (κ3) is 3.87. The molecule has 0 aliphatic rings. The number of benzene rings is 1. The molecule has 0 atom stereocenters.